The largest absolute Gasteiger partial charge is 0.383 e. The van der Waals surface area contributed by atoms with Crippen molar-refractivity contribution in [1.82, 2.24) is 9.47 Å². The molecule has 1 aliphatic heterocycles. The highest BCUT2D eigenvalue weighted by Crippen LogP contribution is 2.36. The number of nitrogens with two attached hydrogens (primary N) is 1. The van der Waals surface area contributed by atoms with Crippen molar-refractivity contribution in [3.63, 3.8) is 0 Å². The van der Waals surface area contributed by atoms with Crippen molar-refractivity contribution >= 4 is 35.0 Å². The van der Waals surface area contributed by atoms with Gasteiger partial charge < -0.3 is 19.9 Å². The molecule has 37 heavy (non-hydrogen) atoms. The number of ketones is 1. The molecular formula is C29H35ClFN3O3. The number of benzene rings is 2. The van der Waals surface area contributed by atoms with E-state index in [-0.39, 0.29) is 35.8 Å². The summed E-state index contributed by atoms with van der Waals surface area (Å²) in [4.78, 5) is 28.8. The molecule has 1 saturated carbocycles. The van der Waals surface area contributed by atoms with Crippen LogP contribution in [0.2, 0.25) is 0 Å². The van der Waals surface area contributed by atoms with Crippen LogP contribution < -0.4 is 5.73 Å². The van der Waals surface area contributed by atoms with E-state index in [4.69, 9.17) is 10.5 Å². The van der Waals surface area contributed by atoms with Crippen molar-refractivity contribution in [3.05, 3.63) is 70.7 Å². The number of ether oxygens (including phenoxy) is 1. The number of likely N-dealkylation sites (tertiary alicyclic amines) is 1. The molecule has 1 aromatic heterocycles. The average molecular weight is 528 g/mol. The molecule has 1 aliphatic carbocycles. The summed E-state index contributed by atoms with van der Waals surface area (Å²) in [6.45, 7) is 2.56. The third-order valence-corrected chi connectivity index (χ3v) is 7.66. The summed E-state index contributed by atoms with van der Waals surface area (Å²) in [6, 6.07) is 10.8. The highest BCUT2D eigenvalue weighted by atomic mass is 35.5. The van der Waals surface area contributed by atoms with Gasteiger partial charge in [0.25, 0.3) is 5.91 Å². The minimum absolute atomic E-state index is 0. The number of rotatable bonds is 9. The Morgan fingerprint density at radius 1 is 1.08 bits per heavy atom. The smallest absolute Gasteiger partial charge is 0.256 e. The molecule has 0 spiro atoms. The first kappa shape index (κ1) is 27.3. The zero-order chi connectivity index (χ0) is 25.2. The number of amides is 1. The summed E-state index contributed by atoms with van der Waals surface area (Å²) in [6.07, 6.45) is 5.99. The van der Waals surface area contributed by atoms with Crippen molar-refractivity contribution < 1.29 is 18.7 Å². The molecule has 0 atom stereocenters. The second-order valence-corrected chi connectivity index (χ2v) is 10.1. The van der Waals surface area contributed by atoms with Gasteiger partial charge in [-0.15, -0.1) is 12.4 Å². The summed E-state index contributed by atoms with van der Waals surface area (Å²) >= 11 is 0. The van der Waals surface area contributed by atoms with Crippen LogP contribution in [0, 0.1) is 11.7 Å². The van der Waals surface area contributed by atoms with E-state index in [1.807, 2.05) is 39.9 Å². The first-order valence-electron chi connectivity index (χ1n) is 12.9. The fraction of sp³-hybridized carbons (Fsp3) is 0.448. The summed E-state index contributed by atoms with van der Waals surface area (Å²) < 4.78 is 21.8. The second-order valence-electron chi connectivity index (χ2n) is 10.1. The minimum Gasteiger partial charge on any atom is -0.383 e. The maximum Gasteiger partial charge on any atom is 0.256 e. The summed E-state index contributed by atoms with van der Waals surface area (Å²) in [5, 5.41) is 0.744. The number of hydrogen-bond acceptors (Lipinski definition) is 4. The highest BCUT2D eigenvalue weighted by Gasteiger charge is 2.31. The maximum atomic E-state index is 14.5. The summed E-state index contributed by atoms with van der Waals surface area (Å²) in [5.41, 5.74) is 9.44. The lowest BCUT2D eigenvalue weighted by Crippen LogP contribution is -2.38. The molecular weight excluding hydrogens is 493 g/mol. The predicted molar refractivity (Wildman–Crippen MR) is 145 cm³/mol. The third-order valence-electron chi connectivity index (χ3n) is 7.66. The van der Waals surface area contributed by atoms with Gasteiger partial charge in [0.15, 0.2) is 5.78 Å². The van der Waals surface area contributed by atoms with Crippen LogP contribution in [-0.4, -0.2) is 48.0 Å². The van der Waals surface area contributed by atoms with E-state index in [0.717, 1.165) is 29.3 Å². The van der Waals surface area contributed by atoms with Gasteiger partial charge in [0.2, 0.25) is 0 Å². The van der Waals surface area contributed by atoms with E-state index < -0.39 is 0 Å². The molecule has 2 aromatic carbocycles. The zero-order valence-electron chi connectivity index (χ0n) is 21.2. The van der Waals surface area contributed by atoms with Gasteiger partial charge in [-0.3, -0.25) is 9.59 Å². The number of carbonyl (C=O) groups excluding carboxylic acids is 2. The molecule has 1 amide bonds. The molecule has 2 fully saturated rings. The monoisotopic (exact) mass is 527 g/mol. The topological polar surface area (TPSA) is 77.6 Å². The average Bonchev–Trinajstić information content (AvgIpc) is 3.65. The number of piperidine rings is 1. The molecule has 198 valence electrons. The Morgan fingerprint density at radius 3 is 2.51 bits per heavy atom. The lowest BCUT2D eigenvalue weighted by Gasteiger charge is -2.32. The van der Waals surface area contributed by atoms with Gasteiger partial charge in [0.05, 0.1) is 12.2 Å². The molecule has 6 nitrogen and oxygen atoms in total. The third kappa shape index (κ3) is 5.74. The van der Waals surface area contributed by atoms with Crippen molar-refractivity contribution in [2.24, 2.45) is 11.7 Å². The molecule has 0 unspecified atom stereocenters. The van der Waals surface area contributed by atoms with Gasteiger partial charge in [0.1, 0.15) is 5.82 Å². The van der Waals surface area contributed by atoms with Crippen LogP contribution in [0.4, 0.5) is 4.39 Å². The fourth-order valence-electron chi connectivity index (χ4n) is 5.41. The molecule has 1 saturated heterocycles. The number of methoxy groups -OCH3 is 1. The van der Waals surface area contributed by atoms with Crippen LogP contribution in [0.25, 0.3) is 10.9 Å². The Labute approximate surface area is 223 Å². The minimum atomic E-state index is -0.211. The van der Waals surface area contributed by atoms with E-state index in [1.54, 1.807) is 13.2 Å². The normalized spacial score (nSPS) is 16.1. The number of aromatic nitrogens is 1. The lowest BCUT2D eigenvalue weighted by molar-refractivity contribution is 0.0714. The Balaban J connectivity index is 0.00000320. The van der Waals surface area contributed by atoms with E-state index in [9.17, 15) is 14.0 Å². The van der Waals surface area contributed by atoms with Gasteiger partial charge in [-0.2, -0.15) is 0 Å². The lowest BCUT2D eigenvalue weighted by atomic mass is 9.88. The molecule has 2 heterocycles. The number of nitrogens with zero attached hydrogens (tertiary/aromatic N) is 2. The zero-order valence-corrected chi connectivity index (χ0v) is 22.1. The molecule has 5 rings (SSSR count). The van der Waals surface area contributed by atoms with Crippen LogP contribution in [0.1, 0.15) is 69.9 Å². The summed E-state index contributed by atoms with van der Waals surface area (Å²) in [5.74, 6) is 0.351. The van der Waals surface area contributed by atoms with Gasteiger partial charge in [-0.05, 0) is 60.8 Å². The molecule has 3 aromatic rings. The van der Waals surface area contributed by atoms with E-state index >= 15 is 0 Å². The SMILES string of the molecule is COCCn1cc(C(=O)N2CCC(c3cc(CN)ccc3F)CC2)c2c(C(=O)CC3CC3)cccc21.Cl. The van der Waals surface area contributed by atoms with Crippen LogP contribution in [0.3, 0.4) is 0 Å². The van der Waals surface area contributed by atoms with Crippen molar-refractivity contribution in [3.8, 4) is 0 Å². The van der Waals surface area contributed by atoms with Crippen molar-refractivity contribution in [2.75, 3.05) is 26.8 Å². The Morgan fingerprint density at radius 2 is 1.84 bits per heavy atom. The van der Waals surface area contributed by atoms with Crippen molar-refractivity contribution in [1.29, 1.82) is 0 Å². The number of fused-ring (bicyclic) bond motifs is 1. The van der Waals surface area contributed by atoms with Gasteiger partial charge in [-0.25, -0.2) is 4.39 Å². The van der Waals surface area contributed by atoms with Crippen LogP contribution in [0.5, 0.6) is 0 Å². The molecule has 2 N–H and O–H groups in total. The number of carbonyl (C=O) groups is 2. The second kappa shape index (κ2) is 11.8. The summed E-state index contributed by atoms with van der Waals surface area (Å²) in [7, 11) is 1.65. The van der Waals surface area contributed by atoms with E-state index in [0.29, 0.717) is 74.7 Å². The predicted octanol–water partition coefficient (Wildman–Crippen LogP) is 5.31. The number of halogens is 2. The quantitative estimate of drug-likeness (QED) is 0.382. The van der Waals surface area contributed by atoms with Crippen LogP contribution in [-0.2, 0) is 17.8 Å². The van der Waals surface area contributed by atoms with Crippen LogP contribution in [0.15, 0.2) is 42.6 Å². The molecule has 0 bridgehead atoms. The van der Waals surface area contributed by atoms with Crippen molar-refractivity contribution in [2.45, 2.75) is 51.1 Å². The van der Waals surface area contributed by atoms with Gasteiger partial charge >= 0.3 is 0 Å². The standard InChI is InChI=1S/C29H34FN3O3.ClH/c1-36-14-13-33-18-24(28-22(3-2-4-26(28)33)27(34)16-19-5-6-19)29(35)32-11-9-21(10-12-32)23-15-20(17-31)7-8-25(23)30;/h2-4,7-8,15,18-19,21H,5-6,9-14,16-17,31H2,1H3;1H. The Bertz CT molecular complexity index is 1280. The highest BCUT2D eigenvalue weighted by molar-refractivity contribution is 6.16. The van der Waals surface area contributed by atoms with E-state index in [1.165, 1.54) is 6.07 Å². The number of hydrogen-bond donors (Lipinski definition) is 1. The van der Waals surface area contributed by atoms with Gasteiger partial charge in [0, 0.05) is 62.4 Å². The maximum absolute atomic E-state index is 14.5. The first-order valence-corrected chi connectivity index (χ1v) is 12.9. The molecule has 8 heteroatoms. The van der Waals surface area contributed by atoms with Crippen LogP contribution >= 0.6 is 12.4 Å². The molecule has 0 radical (unpaired) electrons. The van der Waals surface area contributed by atoms with E-state index in [2.05, 4.69) is 0 Å². The molecule has 2 aliphatic rings. The Hall–Kier alpha value is -2.74. The Kier molecular flexibility index (Phi) is 8.67. The fourth-order valence-corrected chi connectivity index (χ4v) is 5.41. The first-order chi connectivity index (χ1) is 17.5. The van der Waals surface area contributed by atoms with Gasteiger partial charge in [-0.1, -0.05) is 24.3 Å². The number of Topliss-reactive ketones (excluding diaryl/α,β-unsaturated/α-hetero) is 1.